The number of ketones is 1. The SMILES string of the molecule is COc1ccc(C2/C(=C(\O)c3ccncc3)C(=O)C(=O)N2CCCn2ccnc2)cc1OC. The van der Waals surface area contributed by atoms with Crippen molar-refractivity contribution < 1.29 is 24.2 Å². The van der Waals surface area contributed by atoms with E-state index < -0.39 is 17.7 Å². The first kappa shape index (κ1) is 22.1. The minimum Gasteiger partial charge on any atom is -0.507 e. The van der Waals surface area contributed by atoms with Crippen molar-refractivity contribution in [2.24, 2.45) is 0 Å². The summed E-state index contributed by atoms with van der Waals surface area (Å²) in [6.07, 6.45) is 8.85. The normalized spacial score (nSPS) is 17.4. The molecule has 3 aromatic rings. The number of hydrogen-bond acceptors (Lipinski definition) is 7. The van der Waals surface area contributed by atoms with Gasteiger partial charge in [-0.1, -0.05) is 6.07 Å². The van der Waals surface area contributed by atoms with Gasteiger partial charge in [-0.2, -0.15) is 0 Å². The molecule has 4 rings (SSSR count). The third-order valence-corrected chi connectivity index (χ3v) is 5.59. The van der Waals surface area contributed by atoms with Crippen molar-refractivity contribution in [2.45, 2.75) is 19.0 Å². The van der Waals surface area contributed by atoms with Crippen molar-refractivity contribution in [3.8, 4) is 11.5 Å². The van der Waals surface area contributed by atoms with Gasteiger partial charge in [0.15, 0.2) is 11.5 Å². The second kappa shape index (κ2) is 9.56. The van der Waals surface area contributed by atoms with E-state index in [1.54, 1.807) is 42.9 Å². The summed E-state index contributed by atoms with van der Waals surface area (Å²) in [6, 6.07) is 7.60. The zero-order valence-electron chi connectivity index (χ0n) is 18.3. The molecule has 170 valence electrons. The van der Waals surface area contributed by atoms with Gasteiger partial charge in [0, 0.05) is 43.4 Å². The van der Waals surface area contributed by atoms with E-state index in [-0.39, 0.29) is 11.3 Å². The molecule has 1 N–H and O–H groups in total. The van der Waals surface area contributed by atoms with E-state index in [0.29, 0.717) is 42.1 Å². The maximum Gasteiger partial charge on any atom is 0.295 e. The molecule has 1 fully saturated rings. The summed E-state index contributed by atoms with van der Waals surface area (Å²) < 4.78 is 12.7. The lowest BCUT2D eigenvalue weighted by molar-refractivity contribution is -0.139. The largest absolute Gasteiger partial charge is 0.507 e. The first-order valence-corrected chi connectivity index (χ1v) is 10.4. The number of carbonyl (C=O) groups excluding carboxylic acids is 2. The second-order valence-corrected chi connectivity index (χ2v) is 7.50. The monoisotopic (exact) mass is 448 g/mol. The molecule has 33 heavy (non-hydrogen) atoms. The van der Waals surface area contributed by atoms with Gasteiger partial charge in [0.1, 0.15) is 5.76 Å². The predicted molar refractivity (Wildman–Crippen MR) is 120 cm³/mol. The zero-order chi connectivity index (χ0) is 23.4. The molecule has 1 aromatic carbocycles. The lowest BCUT2D eigenvalue weighted by Crippen LogP contribution is -2.31. The van der Waals surface area contributed by atoms with E-state index in [1.807, 2.05) is 10.8 Å². The third-order valence-electron chi connectivity index (χ3n) is 5.59. The molecule has 0 radical (unpaired) electrons. The number of aliphatic hydroxyl groups excluding tert-OH is 1. The Kier molecular flexibility index (Phi) is 6.39. The van der Waals surface area contributed by atoms with E-state index in [2.05, 4.69) is 9.97 Å². The molecule has 3 heterocycles. The van der Waals surface area contributed by atoms with Crippen molar-refractivity contribution in [1.29, 1.82) is 0 Å². The first-order chi connectivity index (χ1) is 16.0. The Hall–Kier alpha value is -4.14. The number of Topliss-reactive ketones (excluding diaryl/α,β-unsaturated/α-hetero) is 1. The van der Waals surface area contributed by atoms with Crippen LogP contribution in [0.5, 0.6) is 11.5 Å². The molecule has 1 unspecified atom stereocenters. The Morgan fingerprint density at radius 1 is 1.00 bits per heavy atom. The van der Waals surface area contributed by atoms with Gasteiger partial charge in [-0.25, -0.2) is 4.98 Å². The summed E-state index contributed by atoms with van der Waals surface area (Å²) >= 11 is 0. The number of aromatic nitrogens is 3. The van der Waals surface area contributed by atoms with Crippen molar-refractivity contribution in [3.63, 3.8) is 0 Å². The number of aryl methyl sites for hydroxylation is 1. The molecule has 1 amide bonds. The highest BCUT2D eigenvalue weighted by Crippen LogP contribution is 2.41. The van der Waals surface area contributed by atoms with Crippen molar-refractivity contribution >= 4 is 17.4 Å². The lowest BCUT2D eigenvalue weighted by atomic mass is 9.95. The Labute approximate surface area is 190 Å². The fourth-order valence-corrected chi connectivity index (χ4v) is 3.99. The van der Waals surface area contributed by atoms with E-state index in [1.165, 1.54) is 31.5 Å². The number of imidazole rings is 1. The Morgan fingerprint density at radius 3 is 2.42 bits per heavy atom. The number of rotatable bonds is 8. The molecule has 9 heteroatoms. The van der Waals surface area contributed by atoms with Crippen LogP contribution in [0.4, 0.5) is 0 Å². The highest BCUT2D eigenvalue weighted by atomic mass is 16.5. The van der Waals surface area contributed by atoms with Gasteiger partial charge in [0.2, 0.25) is 0 Å². The van der Waals surface area contributed by atoms with Crippen molar-refractivity contribution in [2.75, 3.05) is 20.8 Å². The van der Waals surface area contributed by atoms with E-state index in [4.69, 9.17) is 9.47 Å². The maximum atomic E-state index is 13.1. The van der Waals surface area contributed by atoms with E-state index in [9.17, 15) is 14.7 Å². The average molecular weight is 448 g/mol. The fraction of sp³-hybridized carbons (Fsp3) is 0.250. The van der Waals surface area contributed by atoms with E-state index >= 15 is 0 Å². The number of nitrogens with zero attached hydrogens (tertiary/aromatic N) is 4. The van der Waals surface area contributed by atoms with Gasteiger partial charge in [-0.3, -0.25) is 14.6 Å². The minimum absolute atomic E-state index is 0.0288. The Balaban J connectivity index is 1.76. The molecule has 9 nitrogen and oxygen atoms in total. The van der Waals surface area contributed by atoms with Crippen LogP contribution < -0.4 is 9.47 Å². The molecular formula is C24H24N4O5. The number of pyridine rings is 1. The topological polar surface area (TPSA) is 107 Å². The first-order valence-electron chi connectivity index (χ1n) is 10.4. The molecule has 2 aromatic heterocycles. The van der Waals surface area contributed by atoms with Gasteiger partial charge in [0.05, 0.1) is 32.2 Å². The highest BCUT2D eigenvalue weighted by Gasteiger charge is 2.46. The average Bonchev–Trinajstić information content (AvgIpc) is 3.46. The quantitative estimate of drug-likeness (QED) is 0.321. The van der Waals surface area contributed by atoms with Crippen LogP contribution in [0.3, 0.4) is 0 Å². The molecule has 0 spiro atoms. The van der Waals surface area contributed by atoms with Crippen LogP contribution in [-0.4, -0.2) is 57.0 Å². The smallest absolute Gasteiger partial charge is 0.295 e. The van der Waals surface area contributed by atoms with Gasteiger partial charge in [-0.15, -0.1) is 0 Å². The number of likely N-dealkylation sites (tertiary alicyclic amines) is 1. The molecule has 0 bridgehead atoms. The van der Waals surface area contributed by atoms with Gasteiger partial charge in [0.25, 0.3) is 11.7 Å². The van der Waals surface area contributed by atoms with Crippen LogP contribution in [0, 0.1) is 0 Å². The second-order valence-electron chi connectivity index (χ2n) is 7.50. The van der Waals surface area contributed by atoms with Crippen LogP contribution in [0.15, 0.2) is 67.0 Å². The number of methoxy groups -OCH3 is 2. The molecule has 1 atom stereocenters. The van der Waals surface area contributed by atoms with E-state index in [0.717, 1.165) is 0 Å². The lowest BCUT2D eigenvalue weighted by Gasteiger charge is -2.26. The highest BCUT2D eigenvalue weighted by molar-refractivity contribution is 6.46. The molecule has 1 aliphatic rings. The summed E-state index contributed by atoms with van der Waals surface area (Å²) in [5.74, 6) is -0.647. The number of carbonyl (C=O) groups is 2. The van der Waals surface area contributed by atoms with Crippen LogP contribution >= 0.6 is 0 Å². The minimum atomic E-state index is -0.777. The summed E-state index contributed by atoms with van der Waals surface area (Å²) in [5, 5.41) is 11.0. The zero-order valence-corrected chi connectivity index (χ0v) is 18.3. The van der Waals surface area contributed by atoms with Gasteiger partial charge in [-0.05, 0) is 36.2 Å². The number of aliphatic hydroxyl groups is 1. The number of ether oxygens (including phenoxy) is 2. The third kappa shape index (κ3) is 4.30. The van der Waals surface area contributed by atoms with Crippen LogP contribution in [0.1, 0.15) is 23.6 Å². The van der Waals surface area contributed by atoms with Crippen molar-refractivity contribution in [3.05, 3.63) is 78.1 Å². The van der Waals surface area contributed by atoms with Gasteiger partial charge < -0.3 is 24.0 Å². The number of amides is 1. The fourth-order valence-electron chi connectivity index (χ4n) is 3.99. The molecule has 1 saturated heterocycles. The number of benzene rings is 1. The predicted octanol–water partition coefficient (Wildman–Crippen LogP) is 2.81. The summed E-state index contributed by atoms with van der Waals surface area (Å²) in [5.41, 5.74) is 1.07. The summed E-state index contributed by atoms with van der Waals surface area (Å²) in [7, 11) is 3.05. The van der Waals surface area contributed by atoms with Crippen LogP contribution in [0.25, 0.3) is 5.76 Å². The number of hydrogen-bond donors (Lipinski definition) is 1. The summed E-state index contributed by atoms with van der Waals surface area (Å²) in [6.45, 7) is 0.945. The molecule has 0 saturated carbocycles. The molecule has 1 aliphatic heterocycles. The Morgan fingerprint density at radius 2 is 1.76 bits per heavy atom. The standard InChI is InChI=1S/C24H24N4O5/c1-32-18-5-4-17(14-19(18)33-2)21-20(22(29)16-6-8-25-9-7-16)23(30)24(31)28(21)12-3-11-27-13-10-26-15-27/h4-10,13-15,21,29H,3,11-12H2,1-2H3/b22-20+. The van der Waals surface area contributed by atoms with Crippen LogP contribution in [0.2, 0.25) is 0 Å². The molecule has 0 aliphatic carbocycles. The van der Waals surface area contributed by atoms with Crippen molar-refractivity contribution in [1.82, 2.24) is 19.4 Å². The molecular weight excluding hydrogens is 424 g/mol. The Bertz CT molecular complexity index is 1170. The van der Waals surface area contributed by atoms with Crippen LogP contribution in [-0.2, 0) is 16.1 Å². The maximum absolute atomic E-state index is 13.1. The summed E-state index contributed by atoms with van der Waals surface area (Å²) in [4.78, 5) is 35.6. The van der Waals surface area contributed by atoms with Gasteiger partial charge >= 0.3 is 0 Å².